The number of aliphatic imine (C=N–C) groups is 2. The van der Waals surface area contributed by atoms with E-state index in [1.54, 1.807) is 11.3 Å². The van der Waals surface area contributed by atoms with Crippen molar-refractivity contribution >= 4 is 48.8 Å². The van der Waals surface area contributed by atoms with Gasteiger partial charge in [-0.1, -0.05) is 165 Å². The number of benzene rings is 7. The Labute approximate surface area is 341 Å². The fourth-order valence-corrected chi connectivity index (χ4v) is 8.78. The Morgan fingerprint density at radius 1 is 0.414 bits per heavy atom. The van der Waals surface area contributed by atoms with Crippen LogP contribution in [0.3, 0.4) is 0 Å². The fraction of sp³-hybridized carbons (Fsp3) is 0.0577. The number of allylic oxidation sites excluding steroid dienone is 1. The van der Waals surface area contributed by atoms with Crippen LogP contribution in [0, 0.1) is 5.92 Å². The maximum Gasteiger partial charge on any atom is 0.164 e. The molecule has 58 heavy (non-hydrogen) atoms. The molecule has 0 saturated heterocycles. The Bertz CT molecular complexity index is 3040. The van der Waals surface area contributed by atoms with Crippen LogP contribution in [0.25, 0.3) is 71.2 Å². The normalized spacial score (nSPS) is 14.2. The number of hydrogen-bond acceptors (Lipinski definition) is 6. The minimum atomic E-state index is 0.0839. The highest BCUT2D eigenvalue weighted by molar-refractivity contribution is 7.25. The molecular weight excluding hydrogens is 727 g/mol. The van der Waals surface area contributed by atoms with Gasteiger partial charge in [-0.05, 0) is 59.0 Å². The monoisotopic (exact) mass is 763 g/mol. The number of nitrogens with zero attached hydrogens (tertiary/aromatic N) is 5. The highest BCUT2D eigenvalue weighted by atomic mass is 32.1. The minimum Gasteiger partial charge on any atom is -0.232 e. The number of fused-ring (bicyclic) bond motifs is 3. The molecule has 1 aliphatic rings. The van der Waals surface area contributed by atoms with E-state index in [1.807, 2.05) is 24.3 Å². The number of amidine groups is 1. The van der Waals surface area contributed by atoms with Gasteiger partial charge < -0.3 is 0 Å². The molecule has 3 heterocycles. The van der Waals surface area contributed by atoms with Gasteiger partial charge in [-0.15, -0.1) is 11.3 Å². The van der Waals surface area contributed by atoms with Crippen LogP contribution in [-0.4, -0.2) is 26.5 Å². The summed E-state index contributed by atoms with van der Waals surface area (Å²) in [5.74, 6) is 2.53. The zero-order valence-corrected chi connectivity index (χ0v) is 32.6. The Morgan fingerprint density at radius 3 is 1.60 bits per heavy atom. The highest BCUT2D eigenvalue weighted by Crippen LogP contribution is 2.37. The Morgan fingerprint density at radius 2 is 0.931 bits per heavy atom. The maximum absolute atomic E-state index is 5.36. The first kappa shape index (κ1) is 35.3. The van der Waals surface area contributed by atoms with Crippen LogP contribution in [0.4, 0.5) is 0 Å². The molecule has 0 amide bonds. The van der Waals surface area contributed by atoms with Gasteiger partial charge in [0.25, 0.3) is 0 Å². The fourth-order valence-electron chi connectivity index (χ4n) is 7.63. The summed E-state index contributed by atoms with van der Waals surface area (Å²) < 4.78 is 2.46. The van der Waals surface area contributed by atoms with Gasteiger partial charge in [0.15, 0.2) is 23.3 Å². The lowest BCUT2D eigenvalue weighted by atomic mass is 9.92. The molecule has 0 spiro atoms. The van der Waals surface area contributed by atoms with Crippen LogP contribution < -0.4 is 0 Å². The molecule has 0 bridgehead atoms. The Kier molecular flexibility index (Phi) is 9.38. The quantitative estimate of drug-likeness (QED) is 0.155. The van der Waals surface area contributed by atoms with Crippen LogP contribution in [-0.2, 0) is 0 Å². The van der Waals surface area contributed by atoms with Gasteiger partial charge in [0.05, 0.1) is 11.4 Å². The van der Waals surface area contributed by atoms with Crippen LogP contribution in [0.15, 0.2) is 198 Å². The first-order valence-electron chi connectivity index (χ1n) is 19.6. The van der Waals surface area contributed by atoms with E-state index in [0.29, 0.717) is 23.3 Å². The molecule has 0 unspecified atom stereocenters. The second-order valence-corrected chi connectivity index (χ2v) is 15.5. The summed E-state index contributed by atoms with van der Waals surface area (Å²) in [5.41, 5.74) is 9.86. The molecule has 0 saturated carbocycles. The van der Waals surface area contributed by atoms with Gasteiger partial charge >= 0.3 is 0 Å². The van der Waals surface area contributed by atoms with Gasteiger partial charge in [-0.3, -0.25) is 0 Å². The molecule has 6 heteroatoms. The molecule has 1 atom stereocenters. The topological polar surface area (TPSA) is 63.4 Å². The van der Waals surface area contributed by atoms with Crippen molar-refractivity contribution in [2.45, 2.75) is 13.3 Å². The van der Waals surface area contributed by atoms with E-state index in [9.17, 15) is 0 Å². The molecular formula is C52H37N5S. The number of aromatic nitrogens is 3. The van der Waals surface area contributed by atoms with E-state index in [4.69, 9.17) is 24.9 Å². The van der Waals surface area contributed by atoms with Gasteiger partial charge in [0.2, 0.25) is 0 Å². The molecule has 1 aliphatic heterocycles. The zero-order chi connectivity index (χ0) is 38.8. The molecule has 10 rings (SSSR count). The summed E-state index contributed by atoms with van der Waals surface area (Å²) in [6, 6.07) is 63.0. The van der Waals surface area contributed by atoms with Gasteiger partial charge in [0.1, 0.15) is 0 Å². The van der Waals surface area contributed by atoms with Gasteiger partial charge in [-0.2, -0.15) is 0 Å². The molecule has 2 aromatic heterocycles. The second kappa shape index (κ2) is 15.4. The summed E-state index contributed by atoms with van der Waals surface area (Å²) in [6.45, 7) is 2.21. The summed E-state index contributed by atoms with van der Waals surface area (Å²) in [4.78, 5) is 26.2. The minimum absolute atomic E-state index is 0.0839. The van der Waals surface area contributed by atoms with E-state index >= 15 is 0 Å². The van der Waals surface area contributed by atoms with Crippen molar-refractivity contribution in [2.75, 3.05) is 0 Å². The summed E-state index contributed by atoms with van der Waals surface area (Å²) >= 11 is 1.79. The predicted molar refractivity (Wildman–Crippen MR) is 242 cm³/mol. The lowest BCUT2D eigenvalue weighted by Crippen LogP contribution is -2.15. The van der Waals surface area contributed by atoms with Crippen molar-refractivity contribution in [1.29, 1.82) is 0 Å². The molecule has 7 aromatic carbocycles. The largest absolute Gasteiger partial charge is 0.232 e. The van der Waals surface area contributed by atoms with E-state index in [0.717, 1.165) is 62.3 Å². The third kappa shape index (κ3) is 6.95. The number of rotatable bonds is 8. The van der Waals surface area contributed by atoms with Crippen LogP contribution in [0.5, 0.6) is 0 Å². The summed E-state index contributed by atoms with van der Waals surface area (Å²) in [6.07, 6.45) is 3.15. The molecule has 0 radical (unpaired) electrons. The lowest BCUT2D eigenvalue weighted by molar-refractivity contribution is 0.819. The molecule has 5 nitrogen and oxygen atoms in total. The SMILES string of the molecule is CC[C@H]1C=C(c2ccccc2)N=C(c2cccc(-c3nc(-c4cccc(-c5ccccc5)c4)nc(-c4ccc5c(c4)sc4ccccc45)n3)c2)N=C1c1ccccc1. The predicted octanol–water partition coefficient (Wildman–Crippen LogP) is 13.2. The van der Waals surface area contributed by atoms with Crippen LogP contribution >= 0.6 is 11.3 Å². The number of thiophene rings is 1. The molecule has 9 aromatic rings. The third-order valence-electron chi connectivity index (χ3n) is 10.6. The first-order chi connectivity index (χ1) is 28.7. The van der Waals surface area contributed by atoms with Gasteiger partial charge in [0, 0.05) is 48.3 Å². The van der Waals surface area contributed by atoms with Crippen molar-refractivity contribution in [2.24, 2.45) is 15.9 Å². The van der Waals surface area contributed by atoms with Crippen molar-refractivity contribution in [1.82, 2.24) is 15.0 Å². The maximum atomic E-state index is 5.36. The van der Waals surface area contributed by atoms with E-state index < -0.39 is 0 Å². The van der Waals surface area contributed by atoms with Gasteiger partial charge in [-0.25, -0.2) is 24.9 Å². The van der Waals surface area contributed by atoms with E-state index in [-0.39, 0.29) is 5.92 Å². The Hall–Kier alpha value is -7.15. The highest BCUT2D eigenvalue weighted by Gasteiger charge is 2.22. The van der Waals surface area contributed by atoms with Crippen molar-refractivity contribution < 1.29 is 0 Å². The second-order valence-electron chi connectivity index (χ2n) is 14.4. The molecule has 276 valence electrons. The molecule has 0 aliphatic carbocycles. The molecule has 0 fully saturated rings. The average Bonchev–Trinajstić information content (AvgIpc) is 3.56. The third-order valence-corrected chi connectivity index (χ3v) is 11.8. The average molecular weight is 764 g/mol. The molecule has 0 N–H and O–H groups in total. The number of hydrogen-bond donors (Lipinski definition) is 0. The standard InChI is InChI=1S/C52H37N5S/c1-2-34-32-45(36-18-8-4-9-19-36)53-49(54-48(34)37-20-10-5-11-21-37)40-24-15-25-41(31-40)51-55-50(39-23-14-22-38(30-39)35-16-6-3-7-17-35)56-52(57-51)42-28-29-44-43-26-12-13-27-46(43)58-47(44)33-42/h3-34H,2H2,1H3/t34-/m0/s1. The van der Waals surface area contributed by atoms with Crippen molar-refractivity contribution in [3.63, 3.8) is 0 Å². The lowest BCUT2D eigenvalue weighted by Gasteiger charge is -2.14. The van der Waals surface area contributed by atoms with E-state index in [1.165, 1.54) is 20.2 Å². The van der Waals surface area contributed by atoms with Crippen molar-refractivity contribution in [3.8, 4) is 45.3 Å². The summed E-state index contributed by atoms with van der Waals surface area (Å²) in [7, 11) is 0. The smallest absolute Gasteiger partial charge is 0.164 e. The first-order valence-corrected chi connectivity index (χ1v) is 20.4. The zero-order valence-electron chi connectivity index (χ0n) is 31.8. The Balaban J connectivity index is 1.13. The van der Waals surface area contributed by atoms with E-state index in [2.05, 4.69) is 171 Å². The summed E-state index contributed by atoms with van der Waals surface area (Å²) in [5, 5.41) is 2.49. The van der Waals surface area contributed by atoms with Crippen LogP contribution in [0.2, 0.25) is 0 Å². The van der Waals surface area contributed by atoms with Crippen molar-refractivity contribution in [3.05, 3.63) is 205 Å². The van der Waals surface area contributed by atoms with Crippen LogP contribution in [0.1, 0.15) is 30.0 Å².